The number of fused-ring (bicyclic) bond motifs is 1. The number of hydrogen-bond donors (Lipinski definition) is 1. The molecule has 0 atom stereocenters. The molecular formula is C23H29ClN4O3. The van der Waals surface area contributed by atoms with Crippen molar-refractivity contribution in [3.8, 4) is 0 Å². The molecule has 1 N–H and O–H groups in total. The second-order valence-electron chi connectivity index (χ2n) is 7.91. The monoisotopic (exact) mass is 444 g/mol. The summed E-state index contributed by atoms with van der Waals surface area (Å²) in [5, 5.41) is 9.11. The molecule has 0 spiro atoms. The zero-order valence-electron chi connectivity index (χ0n) is 18.4. The lowest BCUT2D eigenvalue weighted by Crippen LogP contribution is -2.34. The number of carbonyl (C=O) groups is 1. The lowest BCUT2D eigenvalue weighted by molar-refractivity contribution is -0.121. The zero-order chi connectivity index (χ0) is 22.5. The van der Waals surface area contributed by atoms with Gasteiger partial charge in [-0.3, -0.25) is 9.59 Å². The van der Waals surface area contributed by atoms with Gasteiger partial charge in [0.1, 0.15) is 6.54 Å². The molecule has 3 aromatic rings. The number of halogens is 1. The van der Waals surface area contributed by atoms with Crippen LogP contribution in [0, 0.1) is 13.8 Å². The van der Waals surface area contributed by atoms with E-state index in [0.717, 1.165) is 28.8 Å². The van der Waals surface area contributed by atoms with Crippen molar-refractivity contribution in [2.45, 2.75) is 53.3 Å². The van der Waals surface area contributed by atoms with E-state index in [-0.39, 0.29) is 24.1 Å². The standard InChI is InChI=1S/C23H29ClN4O3/c1-15(2)31-10-6-9-25-21(29)14-28-23(30)22-17(4)27(16(3)20(22)12-26-28)13-18-7-5-8-19(24)11-18/h5,7-8,11-12,15H,6,9-10,13-14H2,1-4H3,(H,25,29). The number of aryl methyl sites for hydroxylation is 2. The Bertz CT molecular complexity index is 1130. The van der Waals surface area contributed by atoms with Crippen LogP contribution in [0.25, 0.3) is 10.8 Å². The number of rotatable bonds is 9. The van der Waals surface area contributed by atoms with E-state index >= 15 is 0 Å². The number of benzene rings is 1. The van der Waals surface area contributed by atoms with Crippen molar-refractivity contribution >= 4 is 28.3 Å². The molecule has 3 rings (SSSR count). The molecule has 31 heavy (non-hydrogen) atoms. The van der Waals surface area contributed by atoms with Crippen molar-refractivity contribution in [1.82, 2.24) is 19.7 Å². The van der Waals surface area contributed by atoms with Crippen molar-refractivity contribution in [2.24, 2.45) is 0 Å². The quantitative estimate of drug-likeness (QED) is 0.513. The number of aromatic nitrogens is 3. The minimum atomic E-state index is -0.263. The smallest absolute Gasteiger partial charge is 0.276 e. The summed E-state index contributed by atoms with van der Waals surface area (Å²) >= 11 is 6.11. The number of hydrogen-bond acceptors (Lipinski definition) is 4. The van der Waals surface area contributed by atoms with E-state index in [2.05, 4.69) is 15.0 Å². The van der Waals surface area contributed by atoms with Crippen molar-refractivity contribution in [3.05, 3.63) is 62.8 Å². The second-order valence-corrected chi connectivity index (χ2v) is 8.34. The molecule has 0 aliphatic rings. The topological polar surface area (TPSA) is 78.2 Å². The van der Waals surface area contributed by atoms with Crippen molar-refractivity contribution in [1.29, 1.82) is 0 Å². The van der Waals surface area contributed by atoms with Crippen LogP contribution in [0.15, 0.2) is 35.3 Å². The highest BCUT2D eigenvalue weighted by molar-refractivity contribution is 6.30. The molecule has 0 saturated heterocycles. The van der Waals surface area contributed by atoms with Gasteiger partial charge in [-0.25, -0.2) is 4.68 Å². The van der Waals surface area contributed by atoms with Gasteiger partial charge in [0.25, 0.3) is 5.56 Å². The lowest BCUT2D eigenvalue weighted by atomic mass is 10.2. The normalized spacial score (nSPS) is 11.4. The Morgan fingerprint density at radius 1 is 1.26 bits per heavy atom. The van der Waals surface area contributed by atoms with Crippen LogP contribution in [-0.4, -0.2) is 39.5 Å². The highest BCUT2D eigenvalue weighted by Crippen LogP contribution is 2.23. The lowest BCUT2D eigenvalue weighted by Gasteiger charge is -2.09. The van der Waals surface area contributed by atoms with Gasteiger partial charge in [0, 0.05) is 41.5 Å². The van der Waals surface area contributed by atoms with Gasteiger partial charge in [-0.2, -0.15) is 5.10 Å². The molecule has 0 radical (unpaired) electrons. The van der Waals surface area contributed by atoms with Gasteiger partial charge in [0.15, 0.2) is 0 Å². The van der Waals surface area contributed by atoms with Gasteiger partial charge < -0.3 is 14.6 Å². The summed E-state index contributed by atoms with van der Waals surface area (Å²) < 4.78 is 8.76. The number of carbonyl (C=O) groups excluding carboxylic acids is 1. The fourth-order valence-corrected chi connectivity index (χ4v) is 3.84. The molecule has 7 nitrogen and oxygen atoms in total. The minimum Gasteiger partial charge on any atom is -0.379 e. The minimum absolute atomic E-state index is 0.113. The van der Waals surface area contributed by atoms with Gasteiger partial charge in [-0.1, -0.05) is 23.7 Å². The Hall–Kier alpha value is -2.64. The SMILES string of the molecule is Cc1c2cnn(CC(=O)NCCCOC(C)C)c(=O)c2c(C)n1Cc1cccc(Cl)c1. The summed E-state index contributed by atoms with van der Waals surface area (Å²) in [7, 11) is 0. The van der Waals surface area contributed by atoms with Gasteiger partial charge in [0.05, 0.1) is 17.7 Å². The largest absolute Gasteiger partial charge is 0.379 e. The fraction of sp³-hybridized carbons (Fsp3) is 0.435. The molecule has 166 valence electrons. The number of ether oxygens (including phenoxy) is 1. The highest BCUT2D eigenvalue weighted by atomic mass is 35.5. The number of nitrogens with one attached hydrogen (secondary N) is 1. The predicted molar refractivity (Wildman–Crippen MR) is 123 cm³/mol. The van der Waals surface area contributed by atoms with E-state index in [1.807, 2.05) is 52.0 Å². The molecule has 0 fully saturated rings. The van der Waals surface area contributed by atoms with Gasteiger partial charge in [0.2, 0.25) is 5.91 Å². The average Bonchev–Trinajstić information content (AvgIpc) is 2.95. The summed E-state index contributed by atoms with van der Waals surface area (Å²) in [4.78, 5) is 25.3. The third-order valence-electron chi connectivity index (χ3n) is 5.22. The Kier molecular flexibility index (Phi) is 7.51. The van der Waals surface area contributed by atoms with Crippen LogP contribution < -0.4 is 10.9 Å². The Labute approximate surface area is 187 Å². The molecule has 0 unspecified atom stereocenters. The molecule has 2 heterocycles. The Balaban J connectivity index is 1.76. The zero-order valence-corrected chi connectivity index (χ0v) is 19.2. The average molecular weight is 445 g/mol. The van der Waals surface area contributed by atoms with E-state index in [1.54, 1.807) is 6.20 Å². The maximum absolute atomic E-state index is 13.1. The molecular weight excluding hydrogens is 416 g/mol. The summed E-state index contributed by atoms with van der Waals surface area (Å²) in [6.45, 7) is 9.40. The molecule has 0 bridgehead atoms. The maximum atomic E-state index is 13.1. The number of amides is 1. The molecule has 0 aliphatic heterocycles. The van der Waals surface area contributed by atoms with Crippen LogP contribution in [0.5, 0.6) is 0 Å². The second kappa shape index (κ2) is 10.1. The van der Waals surface area contributed by atoms with Crippen molar-refractivity contribution < 1.29 is 9.53 Å². The van der Waals surface area contributed by atoms with Crippen molar-refractivity contribution in [3.63, 3.8) is 0 Å². The molecule has 0 aliphatic carbocycles. The predicted octanol–water partition coefficient (Wildman–Crippen LogP) is 3.45. The van der Waals surface area contributed by atoms with E-state index in [4.69, 9.17) is 16.3 Å². The van der Waals surface area contributed by atoms with Crippen LogP contribution in [0.3, 0.4) is 0 Å². The molecule has 0 saturated carbocycles. The first kappa shape index (κ1) is 23.0. The summed E-state index contributed by atoms with van der Waals surface area (Å²) in [6.07, 6.45) is 2.55. The van der Waals surface area contributed by atoms with Gasteiger partial charge in [-0.05, 0) is 51.8 Å². The maximum Gasteiger partial charge on any atom is 0.276 e. The van der Waals surface area contributed by atoms with Crippen LogP contribution >= 0.6 is 11.6 Å². The van der Waals surface area contributed by atoms with Crippen LogP contribution in [0.4, 0.5) is 0 Å². The first-order chi connectivity index (χ1) is 14.8. The van der Waals surface area contributed by atoms with E-state index in [0.29, 0.717) is 30.1 Å². The van der Waals surface area contributed by atoms with Crippen molar-refractivity contribution in [2.75, 3.05) is 13.2 Å². The summed E-state index contributed by atoms with van der Waals surface area (Å²) in [5.74, 6) is -0.244. The number of nitrogens with zero attached hydrogens (tertiary/aromatic N) is 3. The van der Waals surface area contributed by atoms with Gasteiger partial charge >= 0.3 is 0 Å². The van der Waals surface area contributed by atoms with Gasteiger partial charge in [-0.15, -0.1) is 0 Å². The Morgan fingerprint density at radius 3 is 2.74 bits per heavy atom. The van der Waals surface area contributed by atoms with E-state index < -0.39 is 0 Å². The van der Waals surface area contributed by atoms with E-state index in [1.165, 1.54) is 4.68 Å². The molecule has 8 heteroatoms. The van der Waals surface area contributed by atoms with E-state index in [9.17, 15) is 9.59 Å². The third kappa shape index (κ3) is 5.54. The van der Waals surface area contributed by atoms with Crippen LogP contribution in [0.1, 0.15) is 37.2 Å². The molecule has 1 aromatic carbocycles. The Morgan fingerprint density at radius 2 is 2.03 bits per heavy atom. The van der Waals surface area contributed by atoms with Crippen LogP contribution in [0.2, 0.25) is 5.02 Å². The summed E-state index contributed by atoms with van der Waals surface area (Å²) in [6, 6.07) is 7.66. The first-order valence-electron chi connectivity index (χ1n) is 10.5. The van der Waals surface area contributed by atoms with Crippen LogP contribution in [-0.2, 0) is 22.6 Å². The highest BCUT2D eigenvalue weighted by Gasteiger charge is 2.17. The molecule has 1 amide bonds. The first-order valence-corrected chi connectivity index (χ1v) is 10.8. The third-order valence-corrected chi connectivity index (χ3v) is 5.46. The fourth-order valence-electron chi connectivity index (χ4n) is 3.62. The molecule has 2 aromatic heterocycles. The summed E-state index contributed by atoms with van der Waals surface area (Å²) in [5.41, 5.74) is 2.59.